The van der Waals surface area contributed by atoms with Crippen molar-refractivity contribution in [3.05, 3.63) is 0 Å². The van der Waals surface area contributed by atoms with Gasteiger partial charge < -0.3 is 20.4 Å². The Balaban J connectivity index is -0.0000000907. The molecule has 0 aliphatic carbocycles. The van der Waals surface area contributed by atoms with Crippen LogP contribution in [-0.4, -0.2) is 46.9 Å². The molecule has 0 aliphatic rings. The van der Waals surface area contributed by atoms with E-state index < -0.39 is 0 Å². The van der Waals surface area contributed by atoms with Crippen LogP contribution in [-0.2, 0) is 21.7 Å². The van der Waals surface area contributed by atoms with Gasteiger partial charge in [-0.05, 0) is 25.7 Å². The van der Waals surface area contributed by atoms with Crippen molar-refractivity contribution in [2.45, 2.75) is 130 Å². The topological polar surface area (TPSA) is 80.9 Å². The van der Waals surface area contributed by atoms with Gasteiger partial charge in [-0.15, -0.1) is 0 Å². The summed E-state index contributed by atoms with van der Waals surface area (Å²) >= 11 is 0. The van der Waals surface area contributed by atoms with Crippen molar-refractivity contribution in [3.8, 4) is 0 Å². The summed E-state index contributed by atoms with van der Waals surface area (Å²) in [5.74, 6) is 0. The normalized spacial score (nSPS) is 9.10. The summed E-state index contributed by atoms with van der Waals surface area (Å²) in [5.41, 5.74) is 0. The predicted molar refractivity (Wildman–Crippen MR) is 125 cm³/mol. The average Bonchev–Trinajstić information content (AvgIpc) is 2.71. The Morgan fingerprint density at radius 3 is 0.690 bits per heavy atom. The number of aliphatic hydroxyl groups excluding tert-OH is 4. The summed E-state index contributed by atoms with van der Waals surface area (Å²) in [6.07, 6.45) is 19.1. The molecular formula is C24H56O4Ti. The van der Waals surface area contributed by atoms with E-state index in [2.05, 4.69) is 27.7 Å². The molecule has 0 aliphatic heterocycles. The maximum Gasteiger partial charge on any atom is 0.0431 e. The van der Waals surface area contributed by atoms with Crippen molar-refractivity contribution in [1.29, 1.82) is 0 Å². The van der Waals surface area contributed by atoms with Crippen LogP contribution in [0, 0.1) is 0 Å². The number of hydrogen-bond donors (Lipinski definition) is 4. The maximum atomic E-state index is 8.42. The molecule has 0 bridgehead atoms. The molecule has 0 heterocycles. The number of aliphatic hydroxyl groups is 4. The minimum absolute atomic E-state index is 0. The van der Waals surface area contributed by atoms with E-state index in [4.69, 9.17) is 20.4 Å². The Morgan fingerprint density at radius 2 is 0.517 bits per heavy atom. The second-order valence-corrected chi connectivity index (χ2v) is 7.14. The molecule has 0 saturated carbocycles. The SMILES string of the molecule is CCCCCCCCO.CCCCCCCCO.CCCCO.CCCCO.[Ti]. The van der Waals surface area contributed by atoms with E-state index in [1.165, 1.54) is 64.2 Å². The molecule has 0 spiro atoms. The second kappa shape index (κ2) is 51.3. The molecule has 0 aromatic carbocycles. The van der Waals surface area contributed by atoms with Crippen LogP contribution in [0.15, 0.2) is 0 Å². The van der Waals surface area contributed by atoms with Gasteiger partial charge in [0, 0.05) is 48.1 Å². The van der Waals surface area contributed by atoms with Crippen molar-refractivity contribution in [2.24, 2.45) is 0 Å². The smallest absolute Gasteiger partial charge is 0.0431 e. The van der Waals surface area contributed by atoms with Crippen LogP contribution >= 0.6 is 0 Å². The quantitative estimate of drug-likeness (QED) is 0.164. The van der Waals surface area contributed by atoms with Crippen molar-refractivity contribution in [1.82, 2.24) is 0 Å². The third kappa shape index (κ3) is 73.5. The zero-order chi connectivity index (χ0) is 22.1. The van der Waals surface area contributed by atoms with E-state index in [9.17, 15) is 0 Å². The van der Waals surface area contributed by atoms with Crippen LogP contribution < -0.4 is 0 Å². The first kappa shape index (κ1) is 40.0. The summed E-state index contributed by atoms with van der Waals surface area (Å²) in [4.78, 5) is 0. The first-order chi connectivity index (χ1) is 13.7. The Morgan fingerprint density at radius 1 is 0.310 bits per heavy atom. The molecule has 180 valence electrons. The standard InChI is InChI=1S/2C8H18O.2C4H10O.Ti/c2*1-2-3-4-5-6-7-8-9;2*1-2-3-4-5;/h2*9H,2-8H2,1H3;2*5H,2-4H2,1H3;. The Kier molecular flexibility index (Phi) is 70.7. The van der Waals surface area contributed by atoms with Crippen molar-refractivity contribution < 1.29 is 42.1 Å². The monoisotopic (exact) mass is 456 g/mol. The number of hydrogen-bond acceptors (Lipinski definition) is 4. The minimum Gasteiger partial charge on any atom is -0.396 e. The molecule has 4 nitrogen and oxygen atoms in total. The Labute approximate surface area is 198 Å². The van der Waals surface area contributed by atoms with E-state index >= 15 is 0 Å². The molecule has 0 fully saturated rings. The summed E-state index contributed by atoms with van der Waals surface area (Å²) in [6, 6.07) is 0. The molecule has 4 N–H and O–H groups in total. The number of unbranched alkanes of at least 4 members (excludes halogenated alkanes) is 12. The van der Waals surface area contributed by atoms with Gasteiger partial charge >= 0.3 is 0 Å². The van der Waals surface area contributed by atoms with E-state index in [-0.39, 0.29) is 21.7 Å². The zero-order valence-corrected chi connectivity index (χ0v) is 22.0. The van der Waals surface area contributed by atoms with Crippen LogP contribution in [0.25, 0.3) is 0 Å². The van der Waals surface area contributed by atoms with Gasteiger partial charge in [0.15, 0.2) is 0 Å². The summed E-state index contributed by atoms with van der Waals surface area (Å²) in [5, 5.41) is 33.0. The Hall–Kier alpha value is 0.554. The average molecular weight is 457 g/mol. The van der Waals surface area contributed by atoms with Gasteiger partial charge in [0.2, 0.25) is 0 Å². The molecule has 0 aromatic heterocycles. The van der Waals surface area contributed by atoms with Gasteiger partial charge in [0.05, 0.1) is 0 Å². The summed E-state index contributed by atoms with van der Waals surface area (Å²) in [6.45, 7) is 9.95. The van der Waals surface area contributed by atoms with E-state index in [1.807, 2.05) is 0 Å². The minimum atomic E-state index is 0. The molecule has 0 saturated heterocycles. The molecule has 29 heavy (non-hydrogen) atoms. The fraction of sp³-hybridized carbons (Fsp3) is 1.00. The first-order valence-corrected chi connectivity index (χ1v) is 12.1. The largest absolute Gasteiger partial charge is 0.396 e. The van der Waals surface area contributed by atoms with Gasteiger partial charge in [-0.2, -0.15) is 0 Å². The first-order valence-electron chi connectivity index (χ1n) is 12.1. The molecule has 0 unspecified atom stereocenters. The van der Waals surface area contributed by atoms with Crippen LogP contribution in [0.4, 0.5) is 0 Å². The fourth-order valence-electron chi connectivity index (χ4n) is 2.10. The van der Waals surface area contributed by atoms with Crippen molar-refractivity contribution >= 4 is 0 Å². The van der Waals surface area contributed by atoms with Crippen molar-refractivity contribution in [2.75, 3.05) is 26.4 Å². The summed E-state index contributed by atoms with van der Waals surface area (Å²) in [7, 11) is 0. The molecule has 0 radical (unpaired) electrons. The van der Waals surface area contributed by atoms with Crippen LogP contribution in [0.3, 0.4) is 0 Å². The van der Waals surface area contributed by atoms with E-state index in [1.54, 1.807) is 0 Å². The third-order valence-corrected chi connectivity index (χ3v) is 4.05. The molecule has 0 amide bonds. The van der Waals surface area contributed by atoms with Gasteiger partial charge in [0.25, 0.3) is 0 Å². The van der Waals surface area contributed by atoms with Crippen molar-refractivity contribution in [3.63, 3.8) is 0 Å². The van der Waals surface area contributed by atoms with Gasteiger partial charge in [-0.25, -0.2) is 0 Å². The fourth-order valence-corrected chi connectivity index (χ4v) is 2.10. The Bertz CT molecular complexity index is 160. The number of rotatable bonds is 16. The van der Waals surface area contributed by atoms with Crippen LogP contribution in [0.5, 0.6) is 0 Å². The zero-order valence-electron chi connectivity index (χ0n) is 20.4. The molecular weight excluding hydrogens is 400 g/mol. The second-order valence-electron chi connectivity index (χ2n) is 7.14. The van der Waals surface area contributed by atoms with Gasteiger partial charge in [-0.1, -0.05) is 105 Å². The van der Waals surface area contributed by atoms with Crippen LogP contribution in [0.2, 0.25) is 0 Å². The molecule has 0 aromatic rings. The maximum absolute atomic E-state index is 8.42. The van der Waals surface area contributed by atoms with E-state index in [0.717, 1.165) is 38.5 Å². The van der Waals surface area contributed by atoms with Gasteiger partial charge in [0.1, 0.15) is 0 Å². The molecule has 0 atom stereocenters. The van der Waals surface area contributed by atoms with Crippen LogP contribution in [0.1, 0.15) is 130 Å². The summed E-state index contributed by atoms with van der Waals surface area (Å²) < 4.78 is 0. The van der Waals surface area contributed by atoms with E-state index in [0.29, 0.717) is 26.4 Å². The van der Waals surface area contributed by atoms with Gasteiger partial charge in [-0.3, -0.25) is 0 Å². The third-order valence-electron chi connectivity index (χ3n) is 4.05. The molecule has 0 rings (SSSR count). The predicted octanol–water partition coefficient (Wildman–Crippen LogP) is 6.23. The molecule has 5 heteroatoms.